The van der Waals surface area contributed by atoms with Crippen LogP contribution in [-0.2, 0) is 6.54 Å². The summed E-state index contributed by atoms with van der Waals surface area (Å²) >= 11 is 0. The summed E-state index contributed by atoms with van der Waals surface area (Å²) in [6.07, 6.45) is 2.64. The Morgan fingerprint density at radius 2 is 2.13 bits per heavy atom. The second-order valence-corrected chi connectivity index (χ2v) is 4.99. The van der Waals surface area contributed by atoms with Crippen LogP contribution in [0, 0.1) is 18.2 Å². The molecule has 0 saturated heterocycles. The van der Waals surface area contributed by atoms with Crippen molar-refractivity contribution in [3.05, 3.63) is 35.1 Å². The van der Waals surface area contributed by atoms with Gasteiger partial charge in [-0.1, -0.05) is 13.0 Å². The standard InChI is InChI=1S/C13H18FN/c1-10-3-4-12(14)7-11(10)8-15-9-13(2)5-6-13/h3-4,7,15H,5-6,8-9H2,1-2H3. The van der Waals surface area contributed by atoms with Crippen LogP contribution < -0.4 is 5.32 Å². The summed E-state index contributed by atoms with van der Waals surface area (Å²) in [5, 5.41) is 3.41. The van der Waals surface area contributed by atoms with Crippen LogP contribution in [0.25, 0.3) is 0 Å². The lowest BCUT2D eigenvalue weighted by Crippen LogP contribution is -2.21. The zero-order chi connectivity index (χ0) is 10.9. The van der Waals surface area contributed by atoms with E-state index in [1.807, 2.05) is 13.0 Å². The maximum Gasteiger partial charge on any atom is 0.123 e. The predicted octanol–water partition coefficient (Wildman–Crippen LogP) is 3.02. The topological polar surface area (TPSA) is 12.0 Å². The molecule has 0 radical (unpaired) electrons. The number of benzene rings is 1. The summed E-state index contributed by atoms with van der Waals surface area (Å²) in [5.41, 5.74) is 2.74. The Bertz CT molecular complexity index is 356. The molecule has 1 fully saturated rings. The van der Waals surface area contributed by atoms with E-state index in [0.29, 0.717) is 5.41 Å². The van der Waals surface area contributed by atoms with Gasteiger partial charge in [0, 0.05) is 13.1 Å². The Hall–Kier alpha value is -0.890. The van der Waals surface area contributed by atoms with Crippen molar-refractivity contribution in [2.45, 2.75) is 33.2 Å². The lowest BCUT2D eigenvalue weighted by Gasteiger charge is -2.11. The Labute approximate surface area is 90.7 Å². The Kier molecular flexibility index (Phi) is 2.79. The van der Waals surface area contributed by atoms with Gasteiger partial charge in [0.05, 0.1) is 0 Å². The predicted molar refractivity (Wildman–Crippen MR) is 60.2 cm³/mol. The fourth-order valence-corrected chi connectivity index (χ4v) is 1.72. The van der Waals surface area contributed by atoms with E-state index in [4.69, 9.17) is 0 Å². The first-order valence-corrected chi connectivity index (χ1v) is 5.55. The molecule has 0 aromatic heterocycles. The number of rotatable bonds is 4. The normalized spacial score (nSPS) is 17.8. The molecule has 0 atom stereocenters. The van der Waals surface area contributed by atoms with Crippen molar-refractivity contribution in [3.8, 4) is 0 Å². The highest BCUT2D eigenvalue weighted by Gasteiger charge is 2.36. The van der Waals surface area contributed by atoms with E-state index in [1.54, 1.807) is 6.07 Å². The van der Waals surface area contributed by atoms with Gasteiger partial charge in [-0.2, -0.15) is 0 Å². The molecule has 1 aromatic rings. The molecule has 82 valence electrons. The second kappa shape index (κ2) is 3.93. The van der Waals surface area contributed by atoms with Crippen molar-refractivity contribution in [2.75, 3.05) is 6.54 Å². The summed E-state index contributed by atoms with van der Waals surface area (Å²) in [4.78, 5) is 0. The van der Waals surface area contributed by atoms with Gasteiger partial charge in [0.2, 0.25) is 0 Å². The molecule has 0 bridgehead atoms. The van der Waals surface area contributed by atoms with E-state index in [0.717, 1.165) is 24.2 Å². The number of hydrogen-bond acceptors (Lipinski definition) is 1. The van der Waals surface area contributed by atoms with Gasteiger partial charge < -0.3 is 5.32 Å². The Morgan fingerprint density at radius 1 is 1.40 bits per heavy atom. The zero-order valence-corrected chi connectivity index (χ0v) is 9.44. The van der Waals surface area contributed by atoms with Gasteiger partial charge in [-0.25, -0.2) is 4.39 Å². The highest BCUT2D eigenvalue weighted by molar-refractivity contribution is 5.26. The van der Waals surface area contributed by atoms with Gasteiger partial charge in [0.15, 0.2) is 0 Å². The molecule has 0 unspecified atom stereocenters. The first-order chi connectivity index (χ1) is 7.09. The molecular weight excluding hydrogens is 189 g/mol. The Morgan fingerprint density at radius 3 is 2.80 bits per heavy atom. The molecule has 1 aliphatic carbocycles. The van der Waals surface area contributed by atoms with Crippen molar-refractivity contribution in [1.82, 2.24) is 5.32 Å². The van der Waals surface area contributed by atoms with Crippen LogP contribution in [0.1, 0.15) is 30.9 Å². The summed E-state index contributed by atoms with van der Waals surface area (Å²) in [6, 6.07) is 4.98. The van der Waals surface area contributed by atoms with Gasteiger partial charge in [-0.3, -0.25) is 0 Å². The van der Waals surface area contributed by atoms with Crippen molar-refractivity contribution in [1.29, 1.82) is 0 Å². The van der Waals surface area contributed by atoms with Crippen LogP contribution in [0.15, 0.2) is 18.2 Å². The minimum atomic E-state index is -0.143. The zero-order valence-electron chi connectivity index (χ0n) is 9.44. The number of hydrogen-bond donors (Lipinski definition) is 1. The fraction of sp³-hybridized carbons (Fsp3) is 0.538. The number of nitrogens with one attached hydrogen (secondary N) is 1. The maximum absolute atomic E-state index is 13.0. The van der Waals surface area contributed by atoms with E-state index in [9.17, 15) is 4.39 Å². The maximum atomic E-state index is 13.0. The van der Waals surface area contributed by atoms with Gasteiger partial charge in [-0.05, 0) is 48.4 Å². The summed E-state index contributed by atoms with van der Waals surface area (Å²) in [7, 11) is 0. The molecule has 1 aliphatic rings. The number of aryl methyl sites for hydroxylation is 1. The quantitative estimate of drug-likeness (QED) is 0.800. The van der Waals surface area contributed by atoms with Crippen LogP contribution >= 0.6 is 0 Å². The smallest absolute Gasteiger partial charge is 0.123 e. The van der Waals surface area contributed by atoms with Gasteiger partial charge >= 0.3 is 0 Å². The average molecular weight is 207 g/mol. The molecular formula is C13H18FN. The van der Waals surface area contributed by atoms with E-state index < -0.39 is 0 Å². The molecule has 1 N–H and O–H groups in total. The molecule has 0 spiro atoms. The third-order valence-electron chi connectivity index (χ3n) is 3.28. The van der Waals surface area contributed by atoms with Crippen molar-refractivity contribution < 1.29 is 4.39 Å². The molecule has 1 saturated carbocycles. The second-order valence-electron chi connectivity index (χ2n) is 4.99. The van der Waals surface area contributed by atoms with Crippen LogP contribution in [0.4, 0.5) is 4.39 Å². The lowest BCUT2D eigenvalue weighted by atomic mass is 10.1. The van der Waals surface area contributed by atoms with E-state index >= 15 is 0 Å². The first-order valence-electron chi connectivity index (χ1n) is 5.55. The Balaban J connectivity index is 1.89. The fourth-order valence-electron chi connectivity index (χ4n) is 1.72. The van der Waals surface area contributed by atoms with E-state index in [1.165, 1.54) is 18.9 Å². The lowest BCUT2D eigenvalue weighted by molar-refractivity contribution is 0.498. The van der Waals surface area contributed by atoms with Crippen molar-refractivity contribution in [3.63, 3.8) is 0 Å². The molecule has 15 heavy (non-hydrogen) atoms. The van der Waals surface area contributed by atoms with Gasteiger partial charge in [0.25, 0.3) is 0 Å². The van der Waals surface area contributed by atoms with Crippen LogP contribution in [-0.4, -0.2) is 6.54 Å². The number of halogens is 1. The highest BCUT2D eigenvalue weighted by Crippen LogP contribution is 2.44. The van der Waals surface area contributed by atoms with E-state index in [-0.39, 0.29) is 5.82 Å². The monoisotopic (exact) mass is 207 g/mol. The molecule has 2 heteroatoms. The van der Waals surface area contributed by atoms with Crippen LogP contribution in [0.5, 0.6) is 0 Å². The summed E-state index contributed by atoms with van der Waals surface area (Å²) < 4.78 is 13.0. The van der Waals surface area contributed by atoms with Gasteiger partial charge in [-0.15, -0.1) is 0 Å². The molecule has 0 heterocycles. The molecule has 1 nitrogen and oxygen atoms in total. The highest BCUT2D eigenvalue weighted by atomic mass is 19.1. The minimum absolute atomic E-state index is 0.143. The van der Waals surface area contributed by atoms with Gasteiger partial charge in [0.1, 0.15) is 5.82 Å². The SMILES string of the molecule is Cc1ccc(F)cc1CNCC1(C)CC1. The third kappa shape index (κ3) is 2.78. The molecule has 2 rings (SSSR count). The third-order valence-corrected chi connectivity index (χ3v) is 3.28. The average Bonchev–Trinajstić information content (AvgIpc) is 2.90. The van der Waals surface area contributed by atoms with Crippen LogP contribution in [0.2, 0.25) is 0 Å². The van der Waals surface area contributed by atoms with Crippen molar-refractivity contribution >= 4 is 0 Å². The summed E-state index contributed by atoms with van der Waals surface area (Å²) in [5.74, 6) is -0.143. The molecule has 0 aliphatic heterocycles. The minimum Gasteiger partial charge on any atom is -0.312 e. The molecule has 0 amide bonds. The first kappa shape index (κ1) is 10.6. The molecule has 1 aromatic carbocycles. The summed E-state index contributed by atoms with van der Waals surface area (Å²) in [6.45, 7) is 6.13. The largest absolute Gasteiger partial charge is 0.312 e. The van der Waals surface area contributed by atoms with Crippen LogP contribution in [0.3, 0.4) is 0 Å². The van der Waals surface area contributed by atoms with Crippen molar-refractivity contribution in [2.24, 2.45) is 5.41 Å². The van der Waals surface area contributed by atoms with E-state index in [2.05, 4.69) is 12.2 Å².